The molecule has 0 aliphatic carbocycles. The predicted octanol–water partition coefficient (Wildman–Crippen LogP) is 14.7. The summed E-state index contributed by atoms with van der Waals surface area (Å²) in [4.78, 5) is 15.4. The summed E-state index contributed by atoms with van der Waals surface area (Å²) in [5, 5.41) is 10.4. The second-order valence-corrected chi connectivity index (χ2v) is 16.6. The fraction of sp³-hybridized carbons (Fsp3) is 0. The van der Waals surface area contributed by atoms with Crippen molar-refractivity contribution >= 4 is 47.8 Å². The summed E-state index contributed by atoms with van der Waals surface area (Å²) < 4.78 is 4.72. The number of benzene rings is 8. The van der Waals surface area contributed by atoms with Crippen molar-refractivity contribution in [1.82, 2.24) is 24.6 Å². The lowest BCUT2D eigenvalue weighted by molar-refractivity contribution is 0.979. The molecule has 0 N–H and O–H groups in total. The molecule has 0 unspecified atom stereocenters. The Bertz CT molecular complexity index is 3610. The zero-order chi connectivity index (χ0) is 41.0. The summed E-state index contributed by atoms with van der Waals surface area (Å²) >= 11 is 1.84. The largest absolute Gasteiger partial charge is 0.231 e. The Morgan fingerprint density at radius 2 is 0.871 bits per heavy atom. The van der Waals surface area contributed by atoms with Gasteiger partial charge in [-0.1, -0.05) is 188 Å². The van der Waals surface area contributed by atoms with Gasteiger partial charge in [0.1, 0.15) is 5.69 Å². The smallest absolute Gasteiger partial charge is 0.164 e. The van der Waals surface area contributed by atoms with Crippen molar-refractivity contribution in [1.29, 1.82) is 0 Å². The second-order valence-electron chi connectivity index (χ2n) is 15.5. The van der Waals surface area contributed by atoms with Crippen LogP contribution < -0.4 is 0 Å². The molecule has 0 fully saturated rings. The molecule has 0 aliphatic rings. The average Bonchev–Trinajstić information content (AvgIpc) is 3.94. The van der Waals surface area contributed by atoms with Crippen molar-refractivity contribution in [3.05, 3.63) is 212 Å². The van der Waals surface area contributed by atoms with E-state index in [0.717, 1.165) is 72.2 Å². The third kappa shape index (κ3) is 6.24. The van der Waals surface area contributed by atoms with E-state index in [1.54, 1.807) is 0 Å². The van der Waals surface area contributed by atoms with Gasteiger partial charge in [-0.3, -0.25) is 0 Å². The van der Waals surface area contributed by atoms with Gasteiger partial charge in [0.15, 0.2) is 17.5 Å². The van der Waals surface area contributed by atoms with Gasteiger partial charge in [-0.15, -0.1) is 11.3 Å². The minimum atomic E-state index is 0.593. The van der Waals surface area contributed by atoms with Crippen LogP contribution in [0.2, 0.25) is 0 Å². The third-order valence-electron chi connectivity index (χ3n) is 11.7. The summed E-state index contributed by atoms with van der Waals surface area (Å²) in [5.41, 5.74) is 12.3. The summed E-state index contributed by atoms with van der Waals surface area (Å²) in [7, 11) is 0. The Kier molecular flexibility index (Phi) is 8.61. The predicted molar refractivity (Wildman–Crippen MR) is 257 cm³/mol. The van der Waals surface area contributed by atoms with Crippen LogP contribution in [0.3, 0.4) is 0 Å². The molecule has 4 heterocycles. The van der Waals surface area contributed by atoms with Crippen molar-refractivity contribution in [3.63, 3.8) is 0 Å². The summed E-state index contributed by atoms with van der Waals surface area (Å²) in [5.74, 6) is 1.82. The highest BCUT2D eigenvalue weighted by atomic mass is 32.1. The van der Waals surface area contributed by atoms with Crippen LogP contribution in [0, 0.1) is 0 Å². The lowest BCUT2D eigenvalue weighted by Crippen LogP contribution is -2.00. The number of fused-ring (bicyclic) bond motifs is 6. The van der Waals surface area contributed by atoms with Crippen molar-refractivity contribution in [2.24, 2.45) is 0 Å². The monoisotopic (exact) mass is 809 g/mol. The lowest BCUT2D eigenvalue weighted by atomic mass is 9.96. The number of hydrogen-bond donors (Lipinski definition) is 0. The molecule has 12 aromatic rings. The number of thiophene rings is 1. The zero-order valence-electron chi connectivity index (χ0n) is 33.4. The summed E-state index contributed by atoms with van der Waals surface area (Å²) in [6.45, 7) is 0. The Morgan fingerprint density at radius 3 is 1.61 bits per heavy atom. The molecule has 0 radical (unpaired) electrons. The van der Waals surface area contributed by atoms with E-state index in [4.69, 9.17) is 20.1 Å². The molecular weight excluding hydrogens is 775 g/mol. The van der Waals surface area contributed by atoms with Crippen LogP contribution in [0.15, 0.2) is 212 Å². The van der Waals surface area contributed by atoms with Crippen molar-refractivity contribution in [2.75, 3.05) is 0 Å². The molecular formula is C56H35N5S. The summed E-state index contributed by atoms with van der Waals surface area (Å²) in [6.07, 6.45) is 0. The van der Waals surface area contributed by atoms with E-state index < -0.39 is 0 Å². The van der Waals surface area contributed by atoms with Gasteiger partial charge in [0.25, 0.3) is 0 Å². The van der Waals surface area contributed by atoms with Crippen LogP contribution in [-0.2, 0) is 0 Å². The van der Waals surface area contributed by atoms with Crippen LogP contribution in [0.5, 0.6) is 0 Å². The maximum Gasteiger partial charge on any atom is 0.164 e. The molecule has 0 bridgehead atoms. The lowest BCUT2D eigenvalue weighted by Gasteiger charge is -2.11. The van der Waals surface area contributed by atoms with E-state index in [1.807, 2.05) is 41.7 Å². The molecule has 0 saturated heterocycles. The molecule has 4 aromatic heterocycles. The maximum absolute atomic E-state index is 5.48. The van der Waals surface area contributed by atoms with E-state index in [1.165, 1.54) is 25.7 Å². The highest BCUT2D eigenvalue weighted by Gasteiger charge is 2.22. The van der Waals surface area contributed by atoms with E-state index >= 15 is 0 Å². The molecule has 8 aromatic carbocycles. The highest BCUT2D eigenvalue weighted by Crippen LogP contribution is 2.42. The maximum atomic E-state index is 5.48. The molecule has 62 heavy (non-hydrogen) atoms. The molecule has 0 aliphatic heterocycles. The van der Waals surface area contributed by atoms with Gasteiger partial charge in [-0.05, 0) is 46.3 Å². The molecule has 290 valence electrons. The van der Waals surface area contributed by atoms with E-state index in [9.17, 15) is 0 Å². The van der Waals surface area contributed by atoms with Crippen LogP contribution in [0.4, 0.5) is 0 Å². The molecule has 0 saturated carbocycles. The van der Waals surface area contributed by atoms with E-state index in [0.29, 0.717) is 17.5 Å². The van der Waals surface area contributed by atoms with Gasteiger partial charge in [-0.25, -0.2) is 19.5 Å². The minimum Gasteiger partial charge on any atom is -0.231 e. The van der Waals surface area contributed by atoms with Crippen LogP contribution in [-0.4, -0.2) is 24.6 Å². The van der Waals surface area contributed by atoms with Gasteiger partial charge in [0.2, 0.25) is 0 Å². The topological polar surface area (TPSA) is 56.0 Å². The fourth-order valence-electron chi connectivity index (χ4n) is 8.66. The normalized spacial score (nSPS) is 11.5. The molecule has 6 heteroatoms. The average molecular weight is 810 g/mol. The van der Waals surface area contributed by atoms with Crippen LogP contribution in [0.1, 0.15) is 0 Å². The van der Waals surface area contributed by atoms with Crippen molar-refractivity contribution in [2.45, 2.75) is 0 Å². The molecule has 12 rings (SSSR count). The number of pyridine rings is 1. The molecule has 5 nitrogen and oxygen atoms in total. The van der Waals surface area contributed by atoms with Gasteiger partial charge < -0.3 is 0 Å². The molecule has 0 atom stereocenters. The Hall–Kier alpha value is -8.06. The Balaban J connectivity index is 0.998. The van der Waals surface area contributed by atoms with Crippen molar-refractivity contribution in [3.8, 4) is 78.9 Å². The third-order valence-corrected chi connectivity index (χ3v) is 12.8. The first kappa shape index (κ1) is 35.8. The quantitative estimate of drug-likeness (QED) is 0.161. The number of aromatic nitrogens is 5. The summed E-state index contributed by atoms with van der Waals surface area (Å²) in [6, 6.07) is 74.5. The Morgan fingerprint density at radius 1 is 0.339 bits per heavy atom. The van der Waals surface area contributed by atoms with Crippen LogP contribution in [0.25, 0.3) is 115 Å². The van der Waals surface area contributed by atoms with Gasteiger partial charge in [0.05, 0.1) is 11.2 Å². The first-order valence-corrected chi connectivity index (χ1v) is 21.5. The minimum absolute atomic E-state index is 0.593. The Labute approximate surface area is 361 Å². The van der Waals surface area contributed by atoms with Gasteiger partial charge in [-0.2, -0.15) is 5.10 Å². The second kappa shape index (κ2) is 14.9. The number of nitrogens with zero attached hydrogens (tertiary/aromatic N) is 5. The van der Waals surface area contributed by atoms with E-state index in [-0.39, 0.29) is 0 Å². The highest BCUT2D eigenvalue weighted by molar-refractivity contribution is 7.25. The first-order chi connectivity index (χ1) is 30.7. The van der Waals surface area contributed by atoms with Gasteiger partial charge >= 0.3 is 0 Å². The van der Waals surface area contributed by atoms with E-state index in [2.05, 4.69) is 187 Å². The van der Waals surface area contributed by atoms with Gasteiger partial charge in [0, 0.05) is 58.9 Å². The van der Waals surface area contributed by atoms with Crippen molar-refractivity contribution < 1.29 is 0 Å². The standard InChI is InChI=1S/C56H35N5S/c1-4-15-37(16-5-1)48-34-42-21-10-11-24-45(42)53-51(38-17-6-2-7-18-38)52(60-61(48)53)43-22-14-23-44(33-43)56-58-54(39-19-8-3-9-20-39)57-55(59-56)40-29-27-36(28-30-40)41-31-32-47-46-25-12-13-26-49(46)62-50(47)35-41/h1-35H. The first-order valence-electron chi connectivity index (χ1n) is 20.7. The molecule has 0 spiro atoms. The van der Waals surface area contributed by atoms with Crippen LogP contribution >= 0.6 is 11.3 Å². The zero-order valence-corrected chi connectivity index (χ0v) is 34.2. The fourth-order valence-corrected chi connectivity index (χ4v) is 9.80. The number of hydrogen-bond acceptors (Lipinski definition) is 5. The SMILES string of the molecule is c1ccc(-c2nc(-c3ccc(-c4ccc5c(c4)sc4ccccc45)cc3)nc(-c3cccc(-c4nn5c(-c6ccccc6)cc6ccccc6c5c4-c4ccccc4)c3)n2)cc1. The number of rotatable bonds is 7. The molecule has 0 amide bonds.